The van der Waals surface area contributed by atoms with E-state index in [1.165, 1.54) is 12.1 Å². The number of carbonyl (C=O) groups excluding carboxylic acids is 1. The maximum absolute atomic E-state index is 14.1. The Balaban J connectivity index is 1.37. The quantitative estimate of drug-likeness (QED) is 0.555. The van der Waals surface area contributed by atoms with Gasteiger partial charge in [-0.05, 0) is 49.6 Å². The van der Waals surface area contributed by atoms with Gasteiger partial charge in [-0.3, -0.25) is 9.36 Å². The van der Waals surface area contributed by atoms with Gasteiger partial charge in [0.1, 0.15) is 5.82 Å². The summed E-state index contributed by atoms with van der Waals surface area (Å²) in [6.45, 7) is 3.52. The lowest BCUT2D eigenvalue weighted by atomic mass is 9.96. The van der Waals surface area contributed by atoms with Crippen LogP contribution in [0.4, 0.5) is 10.3 Å². The summed E-state index contributed by atoms with van der Waals surface area (Å²) in [7, 11) is 0. The van der Waals surface area contributed by atoms with Crippen molar-refractivity contribution in [1.82, 2.24) is 14.9 Å². The number of aromatic nitrogens is 2. The number of halogens is 3. The standard InChI is InChI=1S/C24H25Cl2FN4O2/c25-19-11-21-22(12-20(19)26)31(18-3-1-2-17(27)10-18)24(29-21)30-7-4-16(5-8-30)23(32)28-13-15-6-9-33-14-15/h1-3,10-12,15-16H,4-9,13-14H2,(H,28,32). The van der Waals surface area contributed by atoms with Crippen molar-refractivity contribution in [2.75, 3.05) is 37.7 Å². The maximum atomic E-state index is 14.1. The number of hydrogen-bond donors (Lipinski definition) is 1. The first-order chi connectivity index (χ1) is 16.0. The van der Waals surface area contributed by atoms with Crippen LogP contribution in [0.25, 0.3) is 16.7 Å². The minimum absolute atomic E-state index is 0.0283. The van der Waals surface area contributed by atoms with Gasteiger partial charge in [-0.2, -0.15) is 0 Å². The third-order valence-corrected chi connectivity index (χ3v) is 7.20. The van der Waals surface area contributed by atoms with Crippen LogP contribution in [0.1, 0.15) is 19.3 Å². The molecule has 0 saturated carbocycles. The number of fused-ring (bicyclic) bond motifs is 1. The Hall–Kier alpha value is -2.35. The molecule has 1 unspecified atom stereocenters. The Labute approximate surface area is 201 Å². The second kappa shape index (κ2) is 9.49. The average Bonchev–Trinajstić information content (AvgIpc) is 3.46. The second-order valence-corrected chi connectivity index (χ2v) is 9.53. The van der Waals surface area contributed by atoms with Gasteiger partial charge in [0, 0.05) is 38.1 Å². The SMILES string of the molecule is O=C(NCC1CCOC1)C1CCN(c2nc3cc(Cl)c(Cl)cc3n2-c2cccc(F)c2)CC1. The molecule has 5 rings (SSSR count). The van der Waals surface area contributed by atoms with Crippen LogP contribution < -0.4 is 10.2 Å². The van der Waals surface area contributed by atoms with Gasteiger partial charge in [0.05, 0.1) is 33.4 Å². The monoisotopic (exact) mass is 490 g/mol. The number of hydrogen-bond acceptors (Lipinski definition) is 4. The summed E-state index contributed by atoms with van der Waals surface area (Å²) in [5.74, 6) is 0.858. The number of anilines is 1. The van der Waals surface area contributed by atoms with Gasteiger partial charge in [0.25, 0.3) is 0 Å². The molecule has 2 fully saturated rings. The van der Waals surface area contributed by atoms with Crippen LogP contribution in [-0.2, 0) is 9.53 Å². The molecule has 0 radical (unpaired) electrons. The molecule has 6 nitrogen and oxygen atoms in total. The van der Waals surface area contributed by atoms with Crippen LogP contribution in [0.5, 0.6) is 0 Å². The number of ether oxygens (including phenoxy) is 1. The van der Waals surface area contributed by atoms with Crippen molar-refractivity contribution >= 4 is 46.1 Å². The van der Waals surface area contributed by atoms with E-state index in [0.29, 0.717) is 52.7 Å². The highest BCUT2D eigenvalue weighted by molar-refractivity contribution is 6.42. The predicted molar refractivity (Wildman–Crippen MR) is 128 cm³/mol. The van der Waals surface area contributed by atoms with Gasteiger partial charge in [-0.1, -0.05) is 29.3 Å². The topological polar surface area (TPSA) is 59.4 Å². The minimum Gasteiger partial charge on any atom is -0.381 e. The van der Waals surface area contributed by atoms with Crippen molar-refractivity contribution in [1.29, 1.82) is 0 Å². The zero-order chi connectivity index (χ0) is 22.9. The Kier molecular flexibility index (Phi) is 6.45. The fraction of sp³-hybridized carbons (Fsp3) is 0.417. The first-order valence-electron chi connectivity index (χ1n) is 11.2. The molecule has 2 aliphatic heterocycles. The molecule has 1 amide bonds. The molecule has 1 atom stereocenters. The van der Waals surface area contributed by atoms with Gasteiger partial charge in [-0.25, -0.2) is 9.37 Å². The molecular weight excluding hydrogens is 466 g/mol. The van der Waals surface area contributed by atoms with E-state index in [0.717, 1.165) is 38.0 Å². The number of piperidine rings is 1. The van der Waals surface area contributed by atoms with Crippen molar-refractivity contribution in [3.8, 4) is 5.69 Å². The Morgan fingerprint density at radius 2 is 1.94 bits per heavy atom. The third kappa shape index (κ3) is 4.67. The van der Waals surface area contributed by atoms with Crippen molar-refractivity contribution in [3.63, 3.8) is 0 Å². The van der Waals surface area contributed by atoms with Gasteiger partial charge >= 0.3 is 0 Å². The number of benzene rings is 2. The van der Waals surface area contributed by atoms with Crippen molar-refractivity contribution < 1.29 is 13.9 Å². The molecule has 1 aromatic heterocycles. The average molecular weight is 491 g/mol. The molecule has 0 aliphatic carbocycles. The molecule has 0 bridgehead atoms. The smallest absolute Gasteiger partial charge is 0.223 e. The van der Waals surface area contributed by atoms with Crippen LogP contribution in [0.3, 0.4) is 0 Å². The molecule has 0 spiro atoms. The van der Waals surface area contributed by atoms with Crippen molar-refractivity contribution in [3.05, 3.63) is 52.3 Å². The number of carbonyl (C=O) groups is 1. The first kappa shape index (κ1) is 22.4. The van der Waals surface area contributed by atoms with E-state index in [-0.39, 0.29) is 17.6 Å². The summed E-state index contributed by atoms with van der Waals surface area (Å²) in [4.78, 5) is 19.6. The van der Waals surface area contributed by atoms with Gasteiger partial charge < -0.3 is 15.0 Å². The number of amides is 1. The number of nitrogens with one attached hydrogen (secondary N) is 1. The summed E-state index contributed by atoms with van der Waals surface area (Å²) >= 11 is 12.5. The summed E-state index contributed by atoms with van der Waals surface area (Å²) in [6.07, 6.45) is 2.45. The highest BCUT2D eigenvalue weighted by Gasteiger charge is 2.29. The molecule has 3 heterocycles. The van der Waals surface area contributed by atoms with E-state index in [2.05, 4.69) is 10.2 Å². The molecule has 1 N–H and O–H groups in total. The highest BCUT2D eigenvalue weighted by Crippen LogP contribution is 2.34. The van der Waals surface area contributed by atoms with E-state index < -0.39 is 0 Å². The van der Waals surface area contributed by atoms with E-state index in [1.54, 1.807) is 18.2 Å². The minimum atomic E-state index is -0.330. The van der Waals surface area contributed by atoms with E-state index in [9.17, 15) is 9.18 Å². The fourth-order valence-corrected chi connectivity index (χ4v) is 4.93. The lowest BCUT2D eigenvalue weighted by Crippen LogP contribution is -2.42. The maximum Gasteiger partial charge on any atom is 0.223 e. The number of rotatable bonds is 5. The molecule has 2 aliphatic rings. The Morgan fingerprint density at radius 3 is 2.67 bits per heavy atom. The molecule has 174 valence electrons. The van der Waals surface area contributed by atoms with Crippen LogP contribution in [0.2, 0.25) is 10.0 Å². The van der Waals surface area contributed by atoms with Crippen LogP contribution >= 0.6 is 23.2 Å². The Morgan fingerprint density at radius 1 is 1.15 bits per heavy atom. The normalized spacial score (nSPS) is 19.4. The fourth-order valence-electron chi connectivity index (χ4n) is 4.62. The van der Waals surface area contributed by atoms with Crippen LogP contribution in [0, 0.1) is 17.7 Å². The zero-order valence-electron chi connectivity index (χ0n) is 18.1. The number of nitrogens with zero attached hydrogens (tertiary/aromatic N) is 3. The molecular formula is C24H25Cl2FN4O2. The van der Waals surface area contributed by atoms with Crippen LogP contribution in [0.15, 0.2) is 36.4 Å². The third-order valence-electron chi connectivity index (χ3n) is 6.48. The lowest BCUT2D eigenvalue weighted by Gasteiger charge is -2.32. The van der Waals surface area contributed by atoms with Gasteiger partial charge in [-0.15, -0.1) is 0 Å². The van der Waals surface area contributed by atoms with Crippen molar-refractivity contribution in [2.24, 2.45) is 11.8 Å². The summed E-state index contributed by atoms with van der Waals surface area (Å²) in [6, 6.07) is 9.87. The molecule has 33 heavy (non-hydrogen) atoms. The van der Waals surface area contributed by atoms with Crippen LogP contribution in [-0.4, -0.2) is 48.3 Å². The summed E-state index contributed by atoms with van der Waals surface area (Å²) < 4.78 is 21.3. The second-order valence-electron chi connectivity index (χ2n) is 8.72. The van der Waals surface area contributed by atoms with E-state index in [4.69, 9.17) is 32.9 Å². The van der Waals surface area contributed by atoms with Gasteiger partial charge in [0.15, 0.2) is 0 Å². The van der Waals surface area contributed by atoms with E-state index in [1.807, 2.05) is 10.6 Å². The van der Waals surface area contributed by atoms with E-state index >= 15 is 0 Å². The molecule has 2 saturated heterocycles. The largest absolute Gasteiger partial charge is 0.381 e. The summed E-state index contributed by atoms with van der Waals surface area (Å²) in [5, 5.41) is 3.93. The highest BCUT2D eigenvalue weighted by atomic mass is 35.5. The molecule has 3 aromatic rings. The summed E-state index contributed by atoms with van der Waals surface area (Å²) in [5.41, 5.74) is 2.09. The first-order valence-corrected chi connectivity index (χ1v) is 12.0. The van der Waals surface area contributed by atoms with Gasteiger partial charge in [0.2, 0.25) is 11.9 Å². The molecule has 2 aromatic carbocycles. The predicted octanol–water partition coefficient (Wildman–Crippen LogP) is 4.84. The zero-order valence-corrected chi connectivity index (χ0v) is 19.6. The number of imidazole rings is 1. The van der Waals surface area contributed by atoms with Crippen molar-refractivity contribution in [2.45, 2.75) is 19.3 Å². The Bertz CT molecular complexity index is 1170. The molecule has 9 heteroatoms. The lowest BCUT2D eigenvalue weighted by molar-refractivity contribution is -0.125.